The SMILES string of the molecule is COc1ccccc1C=CC(=O)OCCOc1ccc(C=O)cc1OC. The molecule has 0 unspecified atom stereocenters. The first-order chi connectivity index (χ1) is 12.7. The van der Waals surface area contributed by atoms with E-state index in [4.69, 9.17) is 18.9 Å². The molecule has 0 spiro atoms. The Morgan fingerprint density at radius 1 is 0.962 bits per heavy atom. The van der Waals surface area contributed by atoms with Crippen molar-refractivity contribution in [2.45, 2.75) is 0 Å². The number of hydrogen-bond donors (Lipinski definition) is 0. The fourth-order valence-corrected chi connectivity index (χ4v) is 2.18. The van der Waals surface area contributed by atoms with Crippen molar-refractivity contribution in [2.24, 2.45) is 0 Å². The van der Waals surface area contributed by atoms with Crippen molar-refractivity contribution in [2.75, 3.05) is 27.4 Å². The lowest BCUT2D eigenvalue weighted by molar-refractivity contribution is -0.138. The van der Waals surface area contributed by atoms with Crippen LogP contribution in [0.2, 0.25) is 0 Å². The van der Waals surface area contributed by atoms with Gasteiger partial charge in [-0.15, -0.1) is 0 Å². The highest BCUT2D eigenvalue weighted by Crippen LogP contribution is 2.27. The Morgan fingerprint density at radius 3 is 2.46 bits per heavy atom. The van der Waals surface area contributed by atoms with Crippen LogP contribution >= 0.6 is 0 Å². The molecule has 0 aliphatic heterocycles. The number of ether oxygens (including phenoxy) is 4. The van der Waals surface area contributed by atoms with E-state index in [1.54, 1.807) is 31.4 Å². The summed E-state index contributed by atoms with van der Waals surface area (Å²) < 4.78 is 21.0. The van der Waals surface area contributed by atoms with E-state index in [9.17, 15) is 9.59 Å². The highest BCUT2D eigenvalue weighted by atomic mass is 16.6. The molecule has 0 bridgehead atoms. The fraction of sp³-hybridized carbons (Fsp3) is 0.200. The van der Waals surface area contributed by atoms with Gasteiger partial charge in [0, 0.05) is 17.2 Å². The number of aldehydes is 1. The molecule has 26 heavy (non-hydrogen) atoms. The van der Waals surface area contributed by atoms with Crippen molar-refractivity contribution >= 4 is 18.3 Å². The monoisotopic (exact) mass is 356 g/mol. The number of carbonyl (C=O) groups is 2. The Kier molecular flexibility index (Phi) is 7.24. The molecule has 0 fully saturated rings. The van der Waals surface area contributed by atoms with Crippen LogP contribution in [0.4, 0.5) is 0 Å². The Bertz CT molecular complexity index is 782. The van der Waals surface area contributed by atoms with Gasteiger partial charge in [0.2, 0.25) is 0 Å². The van der Waals surface area contributed by atoms with Gasteiger partial charge in [-0.05, 0) is 30.3 Å². The van der Waals surface area contributed by atoms with E-state index in [0.717, 1.165) is 11.8 Å². The minimum Gasteiger partial charge on any atom is -0.496 e. The first kappa shape index (κ1) is 19.1. The molecule has 2 aromatic rings. The van der Waals surface area contributed by atoms with Crippen molar-refractivity contribution in [1.29, 1.82) is 0 Å². The zero-order chi connectivity index (χ0) is 18.8. The molecule has 6 heteroatoms. The van der Waals surface area contributed by atoms with Crippen LogP contribution in [0.1, 0.15) is 15.9 Å². The minimum atomic E-state index is -0.484. The van der Waals surface area contributed by atoms with Crippen LogP contribution < -0.4 is 14.2 Å². The molecular weight excluding hydrogens is 336 g/mol. The predicted molar refractivity (Wildman–Crippen MR) is 96.9 cm³/mol. The number of carbonyl (C=O) groups excluding carboxylic acids is 2. The summed E-state index contributed by atoms with van der Waals surface area (Å²) in [5, 5.41) is 0. The lowest BCUT2D eigenvalue weighted by atomic mass is 10.2. The molecule has 2 rings (SSSR count). The zero-order valence-electron chi connectivity index (χ0n) is 14.6. The topological polar surface area (TPSA) is 71.1 Å². The van der Waals surface area contributed by atoms with Gasteiger partial charge >= 0.3 is 5.97 Å². The highest BCUT2D eigenvalue weighted by molar-refractivity contribution is 5.87. The summed E-state index contributed by atoms with van der Waals surface area (Å²) in [5.74, 6) is 1.10. The summed E-state index contributed by atoms with van der Waals surface area (Å²) in [4.78, 5) is 22.5. The molecule has 0 radical (unpaired) electrons. The standard InChI is InChI=1S/C20H20O6/c1-23-17-6-4-3-5-16(17)8-10-20(22)26-12-11-25-18-9-7-15(14-21)13-19(18)24-2/h3-10,13-14H,11-12H2,1-2H3. The lowest BCUT2D eigenvalue weighted by Gasteiger charge is -2.10. The molecule has 0 saturated heterocycles. The molecule has 2 aromatic carbocycles. The third kappa shape index (κ3) is 5.37. The van der Waals surface area contributed by atoms with Gasteiger partial charge in [-0.3, -0.25) is 4.79 Å². The van der Waals surface area contributed by atoms with Crippen molar-refractivity contribution in [1.82, 2.24) is 0 Å². The fourth-order valence-electron chi connectivity index (χ4n) is 2.18. The van der Waals surface area contributed by atoms with Crippen LogP contribution in [0.3, 0.4) is 0 Å². The van der Waals surface area contributed by atoms with Crippen LogP contribution in [0, 0.1) is 0 Å². The van der Waals surface area contributed by atoms with Gasteiger partial charge in [0.05, 0.1) is 14.2 Å². The van der Waals surface area contributed by atoms with Crippen molar-refractivity contribution < 1.29 is 28.5 Å². The smallest absolute Gasteiger partial charge is 0.330 e. The third-order valence-corrected chi connectivity index (χ3v) is 3.45. The first-order valence-electron chi connectivity index (χ1n) is 7.91. The molecule has 0 aromatic heterocycles. The molecule has 0 aliphatic rings. The molecule has 136 valence electrons. The summed E-state index contributed by atoms with van der Waals surface area (Å²) in [6.45, 7) is 0.235. The largest absolute Gasteiger partial charge is 0.496 e. The summed E-state index contributed by atoms with van der Waals surface area (Å²) in [6, 6.07) is 12.2. The van der Waals surface area contributed by atoms with Gasteiger partial charge in [-0.25, -0.2) is 4.79 Å². The number of para-hydroxylation sites is 1. The maximum Gasteiger partial charge on any atom is 0.330 e. The van der Waals surface area contributed by atoms with E-state index < -0.39 is 5.97 Å². The molecular formula is C20H20O6. The zero-order valence-corrected chi connectivity index (χ0v) is 14.6. The summed E-state index contributed by atoms with van der Waals surface area (Å²) >= 11 is 0. The predicted octanol–water partition coefficient (Wildman–Crippen LogP) is 3.15. The van der Waals surface area contributed by atoms with Gasteiger partial charge in [-0.2, -0.15) is 0 Å². The Morgan fingerprint density at radius 2 is 1.73 bits per heavy atom. The van der Waals surface area contributed by atoms with E-state index >= 15 is 0 Å². The van der Waals surface area contributed by atoms with Crippen molar-refractivity contribution in [3.05, 3.63) is 59.7 Å². The average molecular weight is 356 g/mol. The summed E-state index contributed by atoms with van der Waals surface area (Å²) in [7, 11) is 3.05. The molecule has 0 aliphatic carbocycles. The van der Waals surface area contributed by atoms with Gasteiger partial charge < -0.3 is 18.9 Å². The van der Waals surface area contributed by atoms with Crippen LogP contribution in [0.15, 0.2) is 48.5 Å². The maximum atomic E-state index is 11.8. The number of rotatable bonds is 9. The molecule has 0 atom stereocenters. The normalized spacial score (nSPS) is 10.4. The van der Waals surface area contributed by atoms with E-state index in [-0.39, 0.29) is 13.2 Å². The number of esters is 1. The number of methoxy groups -OCH3 is 2. The molecule has 0 amide bonds. The van der Waals surface area contributed by atoms with Gasteiger partial charge in [0.1, 0.15) is 25.2 Å². The van der Waals surface area contributed by atoms with E-state index in [2.05, 4.69) is 0 Å². The maximum absolute atomic E-state index is 11.8. The second-order valence-corrected chi connectivity index (χ2v) is 5.12. The summed E-state index contributed by atoms with van der Waals surface area (Å²) in [6.07, 6.45) is 3.68. The van der Waals surface area contributed by atoms with Crippen LogP contribution in [0.25, 0.3) is 6.08 Å². The Labute approximate surface area is 151 Å². The summed E-state index contributed by atoms with van der Waals surface area (Å²) in [5.41, 5.74) is 1.27. The molecule has 0 heterocycles. The van der Waals surface area contributed by atoms with Crippen molar-refractivity contribution in [3.8, 4) is 17.2 Å². The van der Waals surface area contributed by atoms with Crippen LogP contribution in [-0.2, 0) is 9.53 Å². The van der Waals surface area contributed by atoms with Gasteiger partial charge in [0.15, 0.2) is 11.5 Å². The van der Waals surface area contributed by atoms with E-state index in [1.165, 1.54) is 13.2 Å². The van der Waals surface area contributed by atoms with Gasteiger partial charge in [-0.1, -0.05) is 18.2 Å². The lowest BCUT2D eigenvalue weighted by Crippen LogP contribution is -2.10. The van der Waals surface area contributed by atoms with E-state index in [1.807, 2.05) is 24.3 Å². The van der Waals surface area contributed by atoms with Crippen LogP contribution in [0.5, 0.6) is 17.2 Å². The van der Waals surface area contributed by atoms with Crippen LogP contribution in [-0.4, -0.2) is 39.7 Å². The first-order valence-corrected chi connectivity index (χ1v) is 7.91. The second-order valence-electron chi connectivity index (χ2n) is 5.12. The van der Waals surface area contributed by atoms with Crippen molar-refractivity contribution in [3.63, 3.8) is 0 Å². The Balaban J connectivity index is 1.82. The molecule has 6 nitrogen and oxygen atoms in total. The van der Waals surface area contributed by atoms with Gasteiger partial charge in [0.25, 0.3) is 0 Å². The van der Waals surface area contributed by atoms with E-state index in [0.29, 0.717) is 22.8 Å². The number of hydrogen-bond acceptors (Lipinski definition) is 6. The average Bonchev–Trinajstić information content (AvgIpc) is 2.69. The highest BCUT2D eigenvalue weighted by Gasteiger charge is 2.06. The number of benzene rings is 2. The quantitative estimate of drug-likeness (QED) is 0.297. The Hall–Kier alpha value is -3.28. The third-order valence-electron chi connectivity index (χ3n) is 3.45. The second kappa shape index (κ2) is 9.88. The minimum absolute atomic E-state index is 0.0771. The molecule has 0 saturated carbocycles. The molecule has 0 N–H and O–H groups in total.